The second-order valence-electron chi connectivity index (χ2n) is 11.5. The summed E-state index contributed by atoms with van der Waals surface area (Å²) in [7, 11) is 0. The van der Waals surface area contributed by atoms with Crippen molar-refractivity contribution in [3.8, 4) is 0 Å². The number of carbonyl (C=O) groups excluding carboxylic acids is 2. The van der Waals surface area contributed by atoms with Crippen LogP contribution < -0.4 is 11.5 Å². The quantitative estimate of drug-likeness (QED) is 0.201. The van der Waals surface area contributed by atoms with Crippen molar-refractivity contribution < 1.29 is 19.1 Å². The van der Waals surface area contributed by atoms with Gasteiger partial charge in [-0.3, -0.25) is 0 Å². The first-order valence-corrected chi connectivity index (χ1v) is 12.9. The first-order valence-electron chi connectivity index (χ1n) is 12.9. The Morgan fingerprint density at radius 2 is 0.944 bits per heavy atom. The van der Waals surface area contributed by atoms with Crippen molar-refractivity contribution in [1.82, 2.24) is 0 Å². The third-order valence-corrected chi connectivity index (χ3v) is 6.20. The van der Waals surface area contributed by atoms with E-state index in [0.717, 1.165) is 49.7 Å². The van der Waals surface area contributed by atoms with Gasteiger partial charge in [0.25, 0.3) is 0 Å². The van der Waals surface area contributed by atoms with Crippen LogP contribution in [0.1, 0.15) is 112 Å². The molecule has 4 N–H and O–H groups in total. The molecule has 0 unspecified atom stereocenters. The number of carbonyl (C=O) groups is 2. The maximum atomic E-state index is 12.3. The van der Waals surface area contributed by atoms with Crippen molar-refractivity contribution in [1.29, 1.82) is 0 Å². The summed E-state index contributed by atoms with van der Waals surface area (Å²) in [6, 6.07) is 10.8. The minimum absolute atomic E-state index is 0.0684. The number of esters is 2. The molecular formula is C30H44N2O4. The minimum Gasteiger partial charge on any atom is -0.462 e. The van der Waals surface area contributed by atoms with Gasteiger partial charge in [0.2, 0.25) is 0 Å². The molecule has 6 heteroatoms. The number of hydrogen-bond acceptors (Lipinski definition) is 6. The van der Waals surface area contributed by atoms with Crippen LogP contribution in [0.2, 0.25) is 0 Å². The van der Waals surface area contributed by atoms with Crippen molar-refractivity contribution >= 4 is 23.3 Å². The lowest BCUT2D eigenvalue weighted by Crippen LogP contribution is -2.15. The van der Waals surface area contributed by atoms with Crippen LogP contribution >= 0.6 is 0 Å². The largest absolute Gasteiger partial charge is 0.462 e. The van der Waals surface area contributed by atoms with Crippen LogP contribution in [-0.2, 0) is 20.3 Å². The fourth-order valence-electron chi connectivity index (χ4n) is 4.15. The van der Waals surface area contributed by atoms with Crippen LogP contribution in [-0.4, -0.2) is 25.2 Å². The van der Waals surface area contributed by atoms with Gasteiger partial charge in [0.05, 0.1) is 24.3 Å². The van der Waals surface area contributed by atoms with Gasteiger partial charge in [-0.05, 0) is 59.1 Å². The fraction of sp³-hybridized carbons (Fsp3) is 0.533. The van der Waals surface area contributed by atoms with Gasteiger partial charge in [0.1, 0.15) is 0 Å². The molecule has 2 aromatic carbocycles. The third-order valence-electron chi connectivity index (χ3n) is 6.20. The summed E-state index contributed by atoms with van der Waals surface area (Å²) >= 11 is 0. The van der Waals surface area contributed by atoms with Crippen LogP contribution in [0.5, 0.6) is 0 Å². The van der Waals surface area contributed by atoms with E-state index in [0.29, 0.717) is 35.7 Å². The maximum Gasteiger partial charge on any atom is 0.338 e. The monoisotopic (exact) mass is 496 g/mol. The average molecular weight is 497 g/mol. The van der Waals surface area contributed by atoms with E-state index in [9.17, 15) is 9.59 Å². The molecule has 6 nitrogen and oxygen atoms in total. The number of benzene rings is 2. The van der Waals surface area contributed by atoms with Crippen LogP contribution in [0.25, 0.3) is 0 Å². The lowest BCUT2D eigenvalue weighted by Gasteiger charge is -2.21. The molecule has 0 heterocycles. The summed E-state index contributed by atoms with van der Waals surface area (Å²) in [4.78, 5) is 24.6. The molecule has 0 spiro atoms. The van der Waals surface area contributed by atoms with Crippen molar-refractivity contribution in [2.45, 2.75) is 90.9 Å². The Kier molecular flexibility index (Phi) is 10.4. The van der Waals surface area contributed by atoms with E-state index < -0.39 is 0 Å². The first kappa shape index (κ1) is 29.2. The predicted molar refractivity (Wildman–Crippen MR) is 147 cm³/mol. The highest BCUT2D eigenvalue weighted by molar-refractivity contribution is 5.91. The first-order chi connectivity index (χ1) is 16.8. The van der Waals surface area contributed by atoms with Gasteiger partial charge in [-0.15, -0.1) is 0 Å². The van der Waals surface area contributed by atoms with Gasteiger partial charge in [-0.2, -0.15) is 0 Å². The molecule has 0 atom stereocenters. The molecule has 0 bridgehead atoms. The molecule has 36 heavy (non-hydrogen) atoms. The molecule has 0 aromatic heterocycles. The van der Waals surface area contributed by atoms with E-state index in [1.54, 1.807) is 24.3 Å². The molecule has 0 aliphatic rings. The van der Waals surface area contributed by atoms with Gasteiger partial charge in [-0.25, -0.2) is 9.59 Å². The van der Waals surface area contributed by atoms with E-state index in [1.807, 2.05) is 12.1 Å². The molecule has 0 radical (unpaired) electrons. The summed E-state index contributed by atoms with van der Waals surface area (Å²) in [6.45, 7) is 13.3. The predicted octanol–water partition coefficient (Wildman–Crippen LogP) is 6.80. The molecule has 0 aliphatic carbocycles. The van der Waals surface area contributed by atoms with Gasteiger partial charge < -0.3 is 20.9 Å². The Labute approximate surface area is 216 Å². The summed E-state index contributed by atoms with van der Waals surface area (Å²) in [5, 5.41) is 0. The number of anilines is 2. The standard InChI is InChI=1S/C30H44N2O4/c1-29(2,3)23-15-13-21(19-25(23)31)27(33)35-17-11-9-7-8-10-12-18-36-28(34)22-14-16-24(26(32)20-22)30(4,5)6/h13-16,19-20H,7-12,17-18,31-32H2,1-6H3. The smallest absolute Gasteiger partial charge is 0.338 e. The molecule has 2 rings (SSSR count). The summed E-state index contributed by atoms with van der Waals surface area (Å²) in [6.07, 6.45) is 5.70. The highest BCUT2D eigenvalue weighted by Crippen LogP contribution is 2.29. The number of hydrogen-bond donors (Lipinski definition) is 2. The Hall–Kier alpha value is -3.02. The Bertz CT molecular complexity index is 949. The third kappa shape index (κ3) is 8.89. The molecule has 0 aliphatic heterocycles. The molecule has 0 fully saturated rings. The van der Waals surface area contributed by atoms with Crippen LogP contribution in [0.3, 0.4) is 0 Å². The molecule has 0 amide bonds. The van der Waals surface area contributed by atoms with E-state index in [2.05, 4.69) is 41.5 Å². The van der Waals surface area contributed by atoms with Crippen LogP contribution in [0.15, 0.2) is 36.4 Å². The number of unbranched alkanes of at least 4 members (excludes halogenated alkanes) is 5. The number of nitrogens with two attached hydrogens (primary N) is 2. The molecular weight excluding hydrogens is 452 g/mol. The molecule has 198 valence electrons. The Morgan fingerprint density at radius 1 is 0.611 bits per heavy atom. The second kappa shape index (κ2) is 12.8. The SMILES string of the molecule is CC(C)(C)c1ccc(C(=O)OCCCCCCCCOC(=O)c2ccc(C(C)(C)C)c(N)c2)cc1N. The van der Waals surface area contributed by atoms with Gasteiger partial charge >= 0.3 is 11.9 Å². The lowest BCUT2D eigenvalue weighted by molar-refractivity contribution is 0.0484. The van der Waals surface area contributed by atoms with Gasteiger partial charge in [-0.1, -0.05) is 79.4 Å². The zero-order valence-electron chi connectivity index (χ0n) is 22.9. The number of nitrogen functional groups attached to an aromatic ring is 2. The Balaban J connectivity index is 1.57. The molecule has 0 saturated carbocycles. The fourth-order valence-corrected chi connectivity index (χ4v) is 4.15. The highest BCUT2D eigenvalue weighted by Gasteiger charge is 2.19. The molecule has 2 aromatic rings. The average Bonchev–Trinajstić information content (AvgIpc) is 2.78. The van der Waals surface area contributed by atoms with Gasteiger partial charge in [0, 0.05) is 11.4 Å². The lowest BCUT2D eigenvalue weighted by atomic mass is 9.85. The topological polar surface area (TPSA) is 105 Å². The molecule has 0 saturated heterocycles. The van der Waals surface area contributed by atoms with Crippen LogP contribution in [0.4, 0.5) is 11.4 Å². The zero-order valence-corrected chi connectivity index (χ0v) is 22.9. The second-order valence-corrected chi connectivity index (χ2v) is 11.5. The summed E-state index contributed by atoms with van der Waals surface area (Å²) in [5.41, 5.74) is 16.4. The van der Waals surface area contributed by atoms with E-state index >= 15 is 0 Å². The number of ether oxygens (including phenoxy) is 2. The van der Waals surface area contributed by atoms with Crippen LogP contribution in [0, 0.1) is 0 Å². The van der Waals surface area contributed by atoms with Crippen molar-refractivity contribution in [3.05, 3.63) is 58.7 Å². The van der Waals surface area contributed by atoms with Gasteiger partial charge in [0.15, 0.2) is 0 Å². The highest BCUT2D eigenvalue weighted by atomic mass is 16.5. The minimum atomic E-state index is -0.334. The van der Waals surface area contributed by atoms with Crippen molar-refractivity contribution in [2.24, 2.45) is 0 Å². The van der Waals surface area contributed by atoms with E-state index in [4.69, 9.17) is 20.9 Å². The maximum absolute atomic E-state index is 12.3. The van der Waals surface area contributed by atoms with E-state index in [-0.39, 0.29) is 22.8 Å². The number of rotatable bonds is 11. The van der Waals surface area contributed by atoms with Crippen molar-refractivity contribution in [2.75, 3.05) is 24.7 Å². The zero-order chi connectivity index (χ0) is 26.9. The summed E-state index contributed by atoms with van der Waals surface area (Å²) in [5.74, 6) is -0.669. The summed E-state index contributed by atoms with van der Waals surface area (Å²) < 4.78 is 10.8. The van der Waals surface area contributed by atoms with E-state index in [1.165, 1.54) is 0 Å². The normalized spacial score (nSPS) is 11.8. The van der Waals surface area contributed by atoms with Crippen molar-refractivity contribution in [3.63, 3.8) is 0 Å². The Morgan fingerprint density at radius 3 is 1.25 bits per heavy atom.